The first-order chi connectivity index (χ1) is 18.5. The molecule has 0 unspecified atom stereocenters. The summed E-state index contributed by atoms with van der Waals surface area (Å²) in [6.07, 6.45) is 4.08. The number of rotatable bonds is 11. The predicted octanol–water partition coefficient (Wildman–Crippen LogP) is 5.04. The molecule has 1 heterocycles. The van der Waals surface area contributed by atoms with Crippen LogP contribution >= 0.6 is 0 Å². The van der Waals surface area contributed by atoms with E-state index in [2.05, 4.69) is 15.4 Å². The smallest absolute Gasteiger partial charge is 0.240 e. The average Bonchev–Trinajstić information content (AvgIpc) is 2.95. The number of methoxy groups -OCH3 is 1. The van der Waals surface area contributed by atoms with Gasteiger partial charge in [0.15, 0.2) is 0 Å². The monoisotopic (exact) mass is 533 g/mol. The zero-order chi connectivity index (χ0) is 26.4. The van der Waals surface area contributed by atoms with E-state index in [1.54, 1.807) is 19.2 Å². The molecule has 1 fully saturated rings. The fraction of sp³-hybridized carbons (Fsp3) is 0.379. The van der Waals surface area contributed by atoms with Crippen molar-refractivity contribution < 1.29 is 13.2 Å². The van der Waals surface area contributed by atoms with Gasteiger partial charge in [0.1, 0.15) is 5.82 Å². The van der Waals surface area contributed by atoms with Crippen molar-refractivity contribution in [2.24, 2.45) is 11.8 Å². The van der Waals surface area contributed by atoms with Crippen molar-refractivity contribution in [3.63, 3.8) is 0 Å². The van der Waals surface area contributed by atoms with Gasteiger partial charge in [-0.3, -0.25) is 0 Å². The van der Waals surface area contributed by atoms with E-state index >= 15 is 0 Å². The van der Waals surface area contributed by atoms with Crippen molar-refractivity contribution in [1.82, 2.24) is 14.7 Å². The van der Waals surface area contributed by atoms with Crippen LogP contribution in [0.2, 0.25) is 0 Å². The minimum atomic E-state index is -3.53. The zero-order valence-electron chi connectivity index (χ0n) is 21.7. The van der Waals surface area contributed by atoms with E-state index in [9.17, 15) is 8.42 Å². The van der Waals surface area contributed by atoms with Crippen molar-refractivity contribution in [1.29, 1.82) is 0 Å². The second-order valence-corrected chi connectivity index (χ2v) is 11.7. The molecule has 0 amide bonds. The lowest BCUT2D eigenvalue weighted by atomic mass is 9.82. The molecule has 8 nitrogen and oxygen atoms in total. The van der Waals surface area contributed by atoms with Crippen molar-refractivity contribution in [3.8, 4) is 0 Å². The van der Waals surface area contributed by atoms with Gasteiger partial charge in [-0.2, -0.15) is 4.98 Å². The van der Waals surface area contributed by atoms with Gasteiger partial charge in [0.05, 0.1) is 17.0 Å². The van der Waals surface area contributed by atoms with Gasteiger partial charge in [-0.15, -0.1) is 0 Å². The summed E-state index contributed by atoms with van der Waals surface area (Å²) in [5.74, 6) is 2.27. The molecule has 3 N–H and O–H groups in total. The maximum atomic E-state index is 12.9. The highest BCUT2D eigenvalue weighted by Crippen LogP contribution is 2.29. The summed E-state index contributed by atoms with van der Waals surface area (Å²) in [6, 6.07) is 21.1. The average molecular weight is 534 g/mol. The maximum Gasteiger partial charge on any atom is 0.240 e. The second-order valence-electron chi connectivity index (χ2n) is 9.96. The van der Waals surface area contributed by atoms with E-state index in [-0.39, 0.29) is 0 Å². The molecule has 0 atom stereocenters. The Morgan fingerprint density at radius 2 is 1.55 bits per heavy atom. The fourth-order valence-corrected chi connectivity index (χ4v) is 6.23. The van der Waals surface area contributed by atoms with Gasteiger partial charge >= 0.3 is 0 Å². The number of aromatic nitrogens is 2. The predicted molar refractivity (Wildman–Crippen MR) is 153 cm³/mol. The van der Waals surface area contributed by atoms with Gasteiger partial charge in [-0.25, -0.2) is 18.1 Å². The number of benzene rings is 3. The molecule has 1 saturated carbocycles. The molecule has 9 heteroatoms. The van der Waals surface area contributed by atoms with E-state index in [4.69, 9.17) is 14.7 Å². The van der Waals surface area contributed by atoms with Crippen LogP contribution in [0.3, 0.4) is 0 Å². The lowest BCUT2D eigenvalue weighted by Crippen LogP contribution is -2.32. The van der Waals surface area contributed by atoms with E-state index in [0.29, 0.717) is 42.4 Å². The van der Waals surface area contributed by atoms with Crippen molar-refractivity contribution in [2.75, 3.05) is 44.0 Å². The minimum absolute atomic E-state index is 0.320. The van der Waals surface area contributed by atoms with Gasteiger partial charge in [0.25, 0.3) is 0 Å². The van der Waals surface area contributed by atoms with Crippen LogP contribution in [-0.2, 0) is 14.8 Å². The summed E-state index contributed by atoms with van der Waals surface area (Å²) in [4.78, 5) is 9.73. The summed E-state index contributed by atoms with van der Waals surface area (Å²) in [6.45, 7) is 2.54. The van der Waals surface area contributed by atoms with Gasteiger partial charge in [-0.1, -0.05) is 42.5 Å². The van der Waals surface area contributed by atoms with Crippen LogP contribution in [0.15, 0.2) is 71.6 Å². The Morgan fingerprint density at radius 1 is 0.842 bits per heavy atom. The highest BCUT2D eigenvalue weighted by molar-refractivity contribution is 7.89. The lowest BCUT2D eigenvalue weighted by molar-refractivity contribution is 0.210. The Hall–Kier alpha value is -3.27. The Balaban J connectivity index is 1.12. The molecule has 4 aromatic rings. The summed E-state index contributed by atoms with van der Waals surface area (Å²) in [7, 11) is -1.85. The van der Waals surface area contributed by atoms with Crippen LogP contribution in [0.5, 0.6) is 0 Å². The first-order valence-electron chi connectivity index (χ1n) is 13.2. The summed E-state index contributed by atoms with van der Waals surface area (Å²) < 4.78 is 33.8. The van der Waals surface area contributed by atoms with E-state index in [0.717, 1.165) is 59.7 Å². The highest BCUT2D eigenvalue weighted by atomic mass is 32.2. The van der Waals surface area contributed by atoms with Crippen molar-refractivity contribution in [2.45, 2.75) is 30.6 Å². The number of para-hydroxylation sites is 1. The maximum absolute atomic E-state index is 12.9. The fourth-order valence-electron chi connectivity index (χ4n) is 5.08. The SMILES string of the molecule is COCCNc1nc(NCC2CCC(CNS(=O)(=O)c3ccc4ccccc4c3)CC2)nc2ccccc12. The number of fused-ring (bicyclic) bond motifs is 2. The molecule has 0 aliphatic heterocycles. The van der Waals surface area contributed by atoms with Gasteiger partial charge in [0, 0.05) is 32.1 Å². The molecule has 0 radical (unpaired) electrons. The number of sulfonamides is 1. The molecule has 0 bridgehead atoms. The van der Waals surface area contributed by atoms with E-state index in [1.165, 1.54) is 0 Å². The first kappa shape index (κ1) is 26.3. The number of nitrogens with zero attached hydrogens (tertiary/aromatic N) is 2. The summed E-state index contributed by atoms with van der Waals surface area (Å²) in [5, 5.41) is 9.73. The second kappa shape index (κ2) is 12.1. The molecule has 1 aliphatic rings. The molecule has 38 heavy (non-hydrogen) atoms. The third-order valence-electron chi connectivity index (χ3n) is 7.31. The summed E-state index contributed by atoms with van der Waals surface area (Å²) >= 11 is 0. The van der Waals surface area contributed by atoms with Crippen LogP contribution in [0, 0.1) is 11.8 Å². The molecular weight excluding hydrogens is 498 g/mol. The topological polar surface area (TPSA) is 105 Å². The number of ether oxygens (including phenoxy) is 1. The molecular formula is C29H35N5O3S. The third-order valence-corrected chi connectivity index (χ3v) is 8.73. The Morgan fingerprint density at radius 3 is 2.34 bits per heavy atom. The number of nitrogens with one attached hydrogen (secondary N) is 3. The molecule has 0 saturated heterocycles. The van der Waals surface area contributed by atoms with Gasteiger partial charge in [0.2, 0.25) is 16.0 Å². The van der Waals surface area contributed by atoms with Crippen LogP contribution in [0.4, 0.5) is 11.8 Å². The highest BCUT2D eigenvalue weighted by Gasteiger charge is 2.24. The first-order valence-corrected chi connectivity index (χ1v) is 14.7. The lowest BCUT2D eigenvalue weighted by Gasteiger charge is -2.28. The molecule has 1 aliphatic carbocycles. The standard InChI is InChI=1S/C29H35N5O3S/c1-37-17-16-30-28-26-8-4-5-9-27(26)33-29(34-28)31-19-21-10-12-22(13-11-21)20-32-38(35,36)25-15-14-23-6-2-3-7-24(23)18-25/h2-9,14-15,18,21-22,32H,10-13,16-17,19-20H2,1H3,(H2,30,31,33,34). The Labute approximate surface area is 224 Å². The van der Waals surface area contributed by atoms with E-state index in [1.807, 2.05) is 54.6 Å². The molecule has 3 aromatic carbocycles. The molecule has 5 rings (SSSR count). The van der Waals surface area contributed by atoms with Crippen LogP contribution in [0.1, 0.15) is 25.7 Å². The number of hydrogen-bond donors (Lipinski definition) is 3. The van der Waals surface area contributed by atoms with Crippen LogP contribution in [0.25, 0.3) is 21.7 Å². The number of hydrogen-bond acceptors (Lipinski definition) is 7. The quantitative estimate of drug-likeness (QED) is 0.232. The normalized spacial score (nSPS) is 18.0. The van der Waals surface area contributed by atoms with E-state index < -0.39 is 10.0 Å². The minimum Gasteiger partial charge on any atom is -0.383 e. The van der Waals surface area contributed by atoms with Crippen LogP contribution in [-0.4, -0.2) is 51.7 Å². The van der Waals surface area contributed by atoms with Gasteiger partial charge < -0.3 is 15.4 Å². The van der Waals surface area contributed by atoms with Crippen molar-refractivity contribution in [3.05, 3.63) is 66.7 Å². The zero-order valence-corrected chi connectivity index (χ0v) is 22.5. The van der Waals surface area contributed by atoms with Crippen LogP contribution < -0.4 is 15.4 Å². The molecule has 200 valence electrons. The number of anilines is 2. The van der Waals surface area contributed by atoms with Crippen molar-refractivity contribution >= 4 is 43.5 Å². The Bertz CT molecular complexity index is 1490. The summed E-state index contributed by atoms with van der Waals surface area (Å²) in [5.41, 5.74) is 0.896. The van der Waals surface area contributed by atoms with Gasteiger partial charge in [-0.05, 0) is 72.6 Å². The molecule has 0 spiro atoms. The third kappa shape index (κ3) is 6.40. The largest absolute Gasteiger partial charge is 0.383 e. The Kier molecular flexibility index (Phi) is 8.36. The molecule has 1 aromatic heterocycles.